The third-order valence-corrected chi connectivity index (χ3v) is 3.22. The van der Waals surface area contributed by atoms with Crippen LogP contribution in [0.2, 0.25) is 0 Å². The summed E-state index contributed by atoms with van der Waals surface area (Å²) in [4.78, 5) is 15.4. The van der Waals surface area contributed by atoms with Gasteiger partial charge in [-0.15, -0.1) is 0 Å². The second-order valence-electron chi connectivity index (χ2n) is 6.14. The quantitative estimate of drug-likeness (QED) is 0.654. The van der Waals surface area contributed by atoms with Gasteiger partial charge in [0.25, 0.3) is 0 Å². The van der Waals surface area contributed by atoms with Crippen molar-refractivity contribution in [2.75, 3.05) is 17.4 Å². The van der Waals surface area contributed by atoms with E-state index in [1.165, 1.54) is 0 Å². The van der Waals surface area contributed by atoms with Crippen LogP contribution in [0.4, 0.5) is 11.6 Å². The second-order valence-corrected chi connectivity index (χ2v) is 6.14. The largest absolute Gasteiger partial charge is 0.352 e. The predicted octanol–water partition coefficient (Wildman–Crippen LogP) is 1.43. The highest BCUT2D eigenvalue weighted by Gasteiger charge is 2.20. The first-order valence-corrected chi connectivity index (χ1v) is 6.85. The van der Waals surface area contributed by atoms with Crippen LogP contribution >= 0.6 is 0 Å². The number of nitrogens with two attached hydrogens (primary N) is 1. The lowest BCUT2D eigenvalue weighted by Gasteiger charge is -2.23. The molecule has 0 amide bonds. The number of hydrogen-bond acceptors (Lipinski definition) is 6. The molecule has 3 N–H and O–H groups in total. The van der Waals surface area contributed by atoms with Gasteiger partial charge >= 0.3 is 0 Å². The molecule has 7 heteroatoms. The van der Waals surface area contributed by atoms with Gasteiger partial charge in [0, 0.05) is 38.0 Å². The average molecular weight is 289 g/mol. The minimum Gasteiger partial charge on any atom is -0.352 e. The molecule has 0 bridgehead atoms. The van der Waals surface area contributed by atoms with Crippen LogP contribution in [0, 0.1) is 0 Å². The molecule has 0 aromatic carbocycles. The average Bonchev–Trinajstić information content (AvgIpc) is 2.82. The zero-order valence-electron chi connectivity index (χ0n) is 13.3. The number of hydrazine groups is 1. The number of aryl methyl sites for hydroxylation is 1. The summed E-state index contributed by atoms with van der Waals surface area (Å²) in [5, 5.41) is 0. The summed E-state index contributed by atoms with van der Waals surface area (Å²) < 4.78 is 1.99. The Morgan fingerprint density at radius 1 is 1.33 bits per heavy atom. The van der Waals surface area contributed by atoms with Crippen molar-refractivity contribution in [2.45, 2.75) is 32.7 Å². The van der Waals surface area contributed by atoms with Gasteiger partial charge in [0.05, 0.1) is 6.54 Å². The van der Waals surface area contributed by atoms with Crippen LogP contribution in [-0.2, 0) is 19.0 Å². The third-order valence-electron chi connectivity index (χ3n) is 3.22. The number of aromatic nitrogens is 4. The van der Waals surface area contributed by atoms with E-state index in [2.05, 4.69) is 41.1 Å². The van der Waals surface area contributed by atoms with Crippen molar-refractivity contribution in [3.05, 3.63) is 30.1 Å². The van der Waals surface area contributed by atoms with E-state index >= 15 is 0 Å². The van der Waals surface area contributed by atoms with Crippen molar-refractivity contribution in [3.63, 3.8) is 0 Å². The van der Waals surface area contributed by atoms with Crippen LogP contribution in [-0.4, -0.2) is 26.6 Å². The van der Waals surface area contributed by atoms with Crippen molar-refractivity contribution >= 4 is 11.6 Å². The van der Waals surface area contributed by atoms with Crippen molar-refractivity contribution in [1.82, 2.24) is 19.5 Å². The number of imidazole rings is 1. The fourth-order valence-corrected chi connectivity index (χ4v) is 1.88. The molecule has 0 unspecified atom stereocenters. The number of hydrogen-bond donors (Lipinski definition) is 2. The second kappa shape index (κ2) is 5.69. The van der Waals surface area contributed by atoms with Crippen LogP contribution in [0.5, 0.6) is 0 Å². The fourth-order valence-electron chi connectivity index (χ4n) is 1.88. The Morgan fingerprint density at radius 2 is 2.05 bits per heavy atom. The molecule has 0 saturated heterocycles. The molecular weight excluding hydrogens is 266 g/mol. The normalized spacial score (nSPS) is 11.5. The molecule has 114 valence electrons. The Bertz CT molecular complexity index is 612. The Kier molecular flexibility index (Phi) is 4.13. The number of anilines is 2. The van der Waals surface area contributed by atoms with Crippen LogP contribution in [0.3, 0.4) is 0 Å². The van der Waals surface area contributed by atoms with Gasteiger partial charge in [0.15, 0.2) is 0 Å². The lowest BCUT2D eigenvalue weighted by molar-refractivity contribution is 0.545. The predicted molar refractivity (Wildman–Crippen MR) is 83.9 cm³/mol. The number of rotatable bonds is 4. The number of nitrogens with zero attached hydrogens (tertiary/aromatic N) is 5. The summed E-state index contributed by atoms with van der Waals surface area (Å²) in [5.41, 5.74) is 2.46. The smallest absolute Gasteiger partial charge is 0.145 e. The Morgan fingerprint density at radius 3 is 2.57 bits per heavy atom. The first kappa shape index (κ1) is 15.2. The van der Waals surface area contributed by atoms with E-state index in [1.54, 1.807) is 6.20 Å². The van der Waals surface area contributed by atoms with Gasteiger partial charge < -0.3 is 14.9 Å². The molecule has 2 aromatic heterocycles. The van der Waals surface area contributed by atoms with E-state index in [0.717, 1.165) is 17.5 Å². The zero-order chi connectivity index (χ0) is 15.6. The fraction of sp³-hybridized carbons (Fsp3) is 0.500. The van der Waals surface area contributed by atoms with E-state index in [0.29, 0.717) is 12.4 Å². The highest BCUT2D eigenvalue weighted by atomic mass is 15.3. The highest BCUT2D eigenvalue weighted by Crippen LogP contribution is 2.23. The van der Waals surface area contributed by atoms with Gasteiger partial charge in [0.1, 0.15) is 23.3 Å². The molecule has 0 atom stereocenters. The summed E-state index contributed by atoms with van der Waals surface area (Å²) in [5.74, 6) is 8.65. The standard InChI is InChI=1S/C14H23N7/c1-14(2,3)13-17-10(19-15)8-11(18-13)21(5)9-12-16-6-7-20(12)4/h6-8H,9,15H2,1-5H3,(H,17,18,19). The van der Waals surface area contributed by atoms with Crippen LogP contribution in [0.15, 0.2) is 18.5 Å². The molecule has 0 aliphatic rings. The van der Waals surface area contributed by atoms with Gasteiger partial charge in [-0.25, -0.2) is 20.8 Å². The van der Waals surface area contributed by atoms with E-state index in [-0.39, 0.29) is 5.41 Å². The molecule has 2 rings (SSSR count). The highest BCUT2D eigenvalue weighted by molar-refractivity contribution is 5.49. The third kappa shape index (κ3) is 3.49. The van der Waals surface area contributed by atoms with Crippen LogP contribution in [0.25, 0.3) is 0 Å². The lowest BCUT2D eigenvalue weighted by Crippen LogP contribution is -2.24. The molecule has 2 heterocycles. The molecule has 0 radical (unpaired) electrons. The summed E-state index contributed by atoms with van der Waals surface area (Å²) in [7, 11) is 3.95. The number of nitrogens with one attached hydrogen (secondary N) is 1. The minimum absolute atomic E-state index is 0.147. The molecule has 0 saturated carbocycles. The first-order chi connectivity index (χ1) is 9.81. The maximum Gasteiger partial charge on any atom is 0.145 e. The van der Waals surface area contributed by atoms with E-state index in [1.807, 2.05) is 35.8 Å². The van der Waals surface area contributed by atoms with Gasteiger partial charge in [-0.2, -0.15) is 0 Å². The summed E-state index contributed by atoms with van der Waals surface area (Å²) in [6.07, 6.45) is 3.72. The Balaban J connectivity index is 2.32. The van der Waals surface area contributed by atoms with Crippen molar-refractivity contribution < 1.29 is 0 Å². The van der Waals surface area contributed by atoms with E-state index in [9.17, 15) is 0 Å². The maximum atomic E-state index is 5.52. The summed E-state index contributed by atoms with van der Waals surface area (Å²) in [6.45, 7) is 6.88. The molecule has 0 spiro atoms. The topological polar surface area (TPSA) is 84.9 Å². The maximum absolute atomic E-state index is 5.52. The number of nitrogen functional groups attached to an aromatic ring is 1. The SMILES string of the molecule is CN(Cc1nccn1C)c1cc(NN)nc(C(C)(C)C)n1. The van der Waals surface area contributed by atoms with Gasteiger partial charge in [-0.05, 0) is 0 Å². The van der Waals surface area contributed by atoms with Crippen molar-refractivity contribution in [2.24, 2.45) is 12.9 Å². The summed E-state index contributed by atoms with van der Waals surface area (Å²) >= 11 is 0. The van der Waals surface area contributed by atoms with E-state index in [4.69, 9.17) is 5.84 Å². The zero-order valence-corrected chi connectivity index (χ0v) is 13.3. The van der Waals surface area contributed by atoms with Gasteiger partial charge in [0.2, 0.25) is 0 Å². The van der Waals surface area contributed by atoms with Crippen molar-refractivity contribution in [1.29, 1.82) is 0 Å². The Labute approximate surface area is 125 Å². The van der Waals surface area contributed by atoms with Crippen LogP contribution in [0.1, 0.15) is 32.4 Å². The molecule has 21 heavy (non-hydrogen) atoms. The minimum atomic E-state index is -0.147. The van der Waals surface area contributed by atoms with Gasteiger partial charge in [-0.3, -0.25) is 0 Å². The first-order valence-electron chi connectivity index (χ1n) is 6.85. The molecule has 0 aliphatic carbocycles. The molecule has 2 aromatic rings. The van der Waals surface area contributed by atoms with Crippen LogP contribution < -0.4 is 16.2 Å². The van der Waals surface area contributed by atoms with E-state index < -0.39 is 0 Å². The van der Waals surface area contributed by atoms with Crippen molar-refractivity contribution in [3.8, 4) is 0 Å². The molecule has 0 aliphatic heterocycles. The lowest BCUT2D eigenvalue weighted by atomic mass is 9.96. The summed E-state index contributed by atoms with van der Waals surface area (Å²) in [6, 6.07) is 1.83. The monoisotopic (exact) mass is 289 g/mol. The molecule has 0 fully saturated rings. The molecule has 7 nitrogen and oxygen atoms in total. The van der Waals surface area contributed by atoms with Gasteiger partial charge in [-0.1, -0.05) is 20.8 Å². The molecular formula is C14H23N7. The Hall–Kier alpha value is -2.15.